The number of carbonyl (C=O) groups excluding carboxylic acids is 4. The number of imide groups is 1. The first-order valence-electron chi connectivity index (χ1n) is 9.33. The fourth-order valence-electron chi connectivity index (χ4n) is 3.54. The lowest BCUT2D eigenvalue weighted by Crippen LogP contribution is -2.44. The highest BCUT2D eigenvalue weighted by Gasteiger charge is 2.52. The number of carbonyl (C=O) groups is 4. The third kappa shape index (κ3) is 4.39. The Balaban J connectivity index is 1.53. The number of alkyl halides is 3. The van der Waals surface area contributed by atoms with Crippen LogP contribution >= 0.6 is 0 Å². The largest absolute Gasteiger partial charge is 0.451 e. The maximum absolute atomic E-state index is 12.6. The minimum Gasteiger partial charge on any atom is -0.451 e. The number of anilines is 1. The highest BCUT2D eigenvalue weighted by atomic mass is 19.4. The number of nitrogens with one attached hydrogen (secondary N) is 2. The van der Waals surface area contributed by atoms with E-state index in [0.717, 1.165) is 42.0 Å². The van der Waals surface area contributed by atoms with Gasteiger partial charge in [-0.25, -0.2) is 4.79 Å². The van der Waals surface area contributed by atoms with E-state index in [1.54, 1.807) is 0 Å². The van der Waals surface area contributed by atoms with Gasteiger partial charge in [0.1, 0.15) is 12.1 Å². The van der Waals surface area contributed by atoms with Crippen LogP contribution in [0.1, 0.15) is 38.2 Å². The van der Waals surface area contributed by atoms with Crippen molar-refractivity contribution in [3.05, 3.63) is 29.8 Å². The van der Waals surface area contributed by atoms with Crippen LogP contribution in [0.4, 0.5) is 23.7 Å². The zero-order chi connectivity index (χ0) is 22.1. The van der Waals surface area contributed by atoms with Crippen LogP contribution in [0, 0.1) is 0 Å². The van der Waals surface area contributed by atoms with Crippen molar-refractivity contribution in [3.8, 4) is 0 Å². The molecule has 1 aliphatic carbocycles. The van der Waals surface area contributed by atoms with Gasteiger partial charge in [0, 0.05) is 5.69 Å². The SMILES string of the molecule is C[C@@H](OC(=O)CN1C(=O)NC2(CCCC2)C1=O)C(=O)Nc1ccc(C(F)(F)F)cc1. The Morgan fingerprint density at radius 3 is 2.37 bits per heavy atom. The smallest absolute Gasteiger partial charge is 0.416 e. The summed E-state index contributed by atoms with van der Waals surface area (Å²) < 4.78 is 42.7. The summed E-state index contributed by atoms with van der Waals surface area (Å²) in [7, 11) is 0. The minimum absolute atomic E-state index is 0.0909. The zero-order valence-electron chi connectivity index (χ0n) is 16.0. The van der Waals surface area contributed by atoms with E-state index in [0.29, 0.717) is 12.8 Å². The van der Waals surface area contributed by atoms with E-state index in [2.05, 4.69) is 10.6 Å². The van der Waals surface area contributed by atoms with Crippen molar-refractivity contribution in [1.29, 1.82) is 0 Å². The maximum atomic E-state index is 12.6. The molecule has 1 atom stereocenters. The van der Waals surface area contributed by atoms with E-state index < -0.39 is 53.7 Å². The zero-order valence-corrected chi connectivity index (χ0v) is 16.0. The molecule has 1 saturated heterocycles. The van der Waals surface area contributed by atoms with Crippen molar-refractivity contribution < 1.29 is 37.1 Å². The van der Waals surface area contributed by atoms with Gasteiger partial charge in [-0.15, -0.1) is 0 Å². The molecule has 8 nitrogen and oxygen atoms in total. The van der Waals surface area contributed by atoms with Crippen LogP contribution in [-0.2, 0) is 25.3 Å². The summed E-state index contributed by atoms with van der Waals surface area (Å²) in [5, 5.41) is 4.96. The first-order valence-corrected chi connectivity index (χ1v) is 9.33. The van der Waals surface area contributed by atoms with Crippen molar-refractivity contribution >= 4 is 29.5 Å². The molecule has 1 aromatic rings. The van der Waals surface area contributed by atoms with E-state index >= 15 is 0 Å². The molecule has 30 heavy (non-hydrogen) atoms. The van der Waals surface area contributed by atoms with Gasteiger partial charge in [-0.3, -0.25) is 19.3 Å². The molecule has 11 heteroatoms. The summed E-state index contributed by atoms with van der Waals surface area (Å²) in [6.07, 6.45) is -3.18. The van der Waals surface area contributed by atoms with E-state index in [9.17, 15) is 32.3 Å². The van der Waals surface area contributed by atoms with Gasteiger partial charge in [-0.1, -0.05) is 12.8 Å². The van der Waals surface area contributed by atoms with Crippen LogP contribution in [-0.4, -0.2) is 46.9 Å². The van der Waals surface area contributed by atoms with E-state index in [-0.39, 0.29) is 5.69 Å². The number of nitrogens with zero attached hydrogens (tertiary/aromatic N) is 1. The van der Waals surface area contributed by atoms with Crippen molar-refractivity contribution in [2.24, 2.45) is 0 Å². The van der Waals surface area contributed by atoms with Crippen molar-refractivity contribution in [2.45, 2.75) is 50.4 Å². The Morgan fingerprint density at radius 1 is 1.20 bits per heavy atom. The molecule has 1 saturated carbocycles. The Morgan fingerprint density at radius 2 is 1.80 bits per heavy atom. The average molecular weight is 427 g/mol. The Bertz CT molecular complexity index is 863. The number of ether oxygens (including phenoxy) is 1. The Labute approximate surface area is 169 Å². The number of hydrogen-bond donors (Lipinski definition) is 2. The summed E-state index contributed by atoms with van der Waals surface area (Å²) >= 11 is 0. The predicted molar refractivity (Wildman–Crippen MR) is 97.1 cm³/mol. The molecule has 1 aliphatic heterocycles. The number of hydrogen-bond acceptors (Lipinski definition) is 5. The topological polar surface area (TPSA) is 105 Å². The Hall–Kier alpha value is -3.11. The molecule has 2 aliphatic rings. The van der Waals surface area contributed by atoms with Gasteiger partial charge < -0.3 is 15.4 Å². The molecule has 1 spiro atoms. The second-order valence-electron chi connectivity index (χ2n) is 7.31. The number of halogens is 3. The van der Waals surface area contributed by atoms with Crippen molar-refractivity contribution in [1.82, 2.24) is 10.2 Å². The fourth-order valence-corrected chi connectivity index (χ4v) is 3.54. The fraction of sp³-hybridized carbons (Fsp3) is 0.474. The molecular weight excluding hydrogens is 407 g/mol. The highest BCUT2D eigenvalue weighted by Crippen LogP contribution is 2.35. The summed E-state index contributed by atoms with van der Waals surface area (Å²) in [4.78, 5) is 49.6. The van der Waals surface area contributed by atoms with Crippen LogP contribution in [0.15, 0.2) is 24.3 Å². The standard InChI is InChI=1S/C19H20F3N3O5/c1-11(15(27)23-13-6-4-12(5-7-13)19(20,21)22)30-14(26)10-25-16(28)18(24-17(25)29)8-2-3-9-18/h4-7,11H,2-3,8-10H2,1H3,(H,23,27)(H,24,29)/t11-/m1/s1. The third-order valence-electron chi connectivity index (χ3n) is 5.15. The summed E-state index contributed by atoms with van der Waals surface area (Å²) in [6.45, 7) is 0.631. The molecule has 0 aromatic heterocycles. The van der Waals surface area contributed by atoms with Gasteiger partial charge in [0.25, 0.3) is 11.8 Å². The number of urea groups is 1. The van der Waals surface area contributed by atoms with Crippen LogP contribution in [0.5, 0.6) is 0 Å². The monoisotopic (exact) mass is 427 g/mol. The lowest BCUT2D eigenvalue weighted by molar-refractivity contribution is -0.155. The summed E-state index contributed by atoms with van der Waals surface area (Å²) in [5.41, 5.74) is -1.73. The number of rotatable bonds is 5. The number of amides is 4. The summed E-state index contributed by atoms with van der Waals surface area (Å²) in [5.74, 6) is -2.21. The maximum Gasteiger partial charge on any atom is 0.416 e. The van der Waals surface area contributed by atoms with E-state index in [4.69, 9.17) is 4.74 Å². The third-order valence-corrected chi connectivity index (χ3v) is 5.15. The normalized spacial score (nSPS) is 19.0. The molecule has 1 heterocycles. The molecule has 0 radical (unpaired) electrons. The molecule has 0 unspecified atom stereocenters. The quantitative estimate of drug-likeness (QED) is 0.555. The van der Waals surface area contributed by atoms with Gasteiger partial charge in [-0.2, -0.15) is 13.2 Å². The van der Waals surface area contributed by atoms with Gasteiger partial charge in [0.15, 0.2) is 6.10 Å². The van der Waals surface area contributed by atoms with Gasteiger partial charge in [0.05, 0.1) is 5.56 Å². The lowest BCUT2D eigenvalue weighted by Gasteiger charge is -2.20. The Kier molecular flexibility index (Phi) is 5.73. The minimum atomic E-state index is -4.50. The van der Waals surface area contributed by atoms with Gasteiger partial charge >= 0.3 is 18.2 Å². The summed E-state index contributed by atoms with van der Waals surface area (Å²) in [6, 6.07) is 3.08. The second-order valence-corrected chi connectivity index (χ2v) is 7.31. The molecule has 2 fully saturated rings. The molecule has 1 aromatic carbocycles. The number of esters is 1. The van der Waals surface area contributed by atoms with Crippen LogP contribution in [0.3, 0.4) is 0 Å². The molecule has 162 valence electrons. The molecular formula is C19H20F3N3O5. The van der Waals surface area contributed by atoms with Crippen LogP contribution in [0.2, 0.25) is 0 Å². The lowest BCUT2D eigenvalue weighted by atomic mass is 9.98. The first kappa shape index (κ1) is 21.6. The van der Waals surface area contributed by atoms with Crippen LogP contribution in [0.25, 0.3) is 0 Å². The van der Waals surface area contributed by atoms with E-state index in [1.807, 2.05) is 0 Å². The van der Waals surface area contributed by atoms with Gasteiger partial charge in [-0.05, 0) is 44.0 Å². The van der Waals surface area contributed by atoms with E-state index in [1.165, 1.54) is 6.92 Å². The molecule has 0 bridgehead atoms. The van der Waals surface area contributed by atoms with Crippen molar-refractivity contribution in [2.75, 3.05) is 11.9 Å². The van der Waals surface area contributed by atoms with Gasteiger partial charge in [0.2, 0.25) is 0 Å². The van der Waals surface area contributed by atoms with Crippen molar-refractivity contribution in [3.63, 3.8) is 0 Å². The average Bonchev–Trinajstić information content (AvgIpc) is 3.22. The second kappa shape index (κ2) is 7.96. The molecule has 2 N–H and O–H groups in total. The van der Waals surface area contributed by atoms with Crippen LogP contribution < -0.4 is 10.6 Å². The number of benzene rings is 1. The highest BCUT2D eigenvalue weighted by molar-refractivity contribution is 6.09. The predicted octanol–water partition coefficient (Wildman–Crippen LogP) is 2.44. The molecule has 3 rings (SSSR count). The first-order chi connectivity index (χ1) is 14.0. The molecule has 4 amide bonds.